The van der Waals surface area contributed by atoms with Crippen molar-refractivity contribution in [1.29, 1.82) is 0 Å². The molecule has 0 aromatic carbocycles. The monoisotopic (exact) mass is 135 g/mol. The quantitative estimate of drug-likeness (QED) is 0.392. The molecule has 3 nitrogen and oxygen atoms in total. The molecule has 5 heteroatoms. The zero-order valence-corrected chi connectivity index (χ0v) is 5.62. The predicted octanol–water partition coefficient (Wildman–Crippen LogP) is -0.0774. The van der Waals surface area contributed by atoms with Gasteiger partial charge in [0.1, 0.15) is 0 Å². The predicted molar refractivity (Wildman–Crippen MR) is 39.0 cm³/mol. The first kappa shape index (κ1) is 6.40. The molecule has 0 saturated carbocycles. The van der Waals surface area contributed by atoms with Gasteiger partial charge >= 0.3 is 59.3 Å². The van der Waals surface area contributed by atoms with Crippen molar-refractivity contribution in [2.24, 2.45) is 5.18 Å². The van der Waals surface area contributed by atoms with Crippen molar-refractivity contribution >= 4 is 13.6 Å². The van der Waals surface area contributed by atoms with E-state index in [4.69, 9.17) is 4.74 Å². The summed E-state index contributed by atoms with van der Waals surface area (Å²) in [4.78, 5) is 9.84. The molecule has 1 spiro atoms. The summed E-state index contributed by atoms with van der Waals surface area (Å²) in [5.41, 5.74) is 0. The van der Waals surface area contributed by atoms with Crippen LogP contribution < -0.4 is 0 Å². The second kappa shape index (κ2) is 2.09. The molecule has 10 heavy (non-hydrogen) atoms. The van der Waals surface area contributed by atoms with E-state index < -0.39 is 0 Å². The van der Waals surface area contributed by atoms with Crippen LogP contribution in [0.3, 0.4) is 0 Å². The number of hydrogen-bond acceptors (Lipinski definition) is 3. The molecule has 1 saturated heterocycles. The topological polar surface area (TPSA) is 38.7 Å². The van der Waals surface area contributed by atoms with Gasteiger partial charge in [-0.25, -0.2) is 0 Å². The van der Waals surface area contributed by atoms with E-state index in [1.165, 1.54) is 0 Å². The minimum absolute atomic E-state index is 0.0324. The fraction of sp³-hybridized carbons (Fsp3) is 1.00. The van der Waals surface area contributed by atoms with Gasteiger partial charge in [-0.3, -0.25) is 0 Å². The molecule has 2 heterocycles. The molecule has 2 aliphatic rings. The van der Waals surface area contributed by atoms with Gasteiger partial charge < -0.3 is 0 Å². The van der Waals surface area contributed by atoms with Crippen molar-refractivity contribution in [2.45, 2.75) is 24.3 Å². The summed E-state index contributed by atoms with van der Waals surface area (Å²) in [6.45, 7) is 4.39. The van der Waals surface area contributed by atoms with E-state index in [2.05, 4.69) is 5.18 Å². The Morgan fingerprint density at radius 3 is 3.00 bits per heavy atom. The number of ether oxygens (including phenoxy) is 1. The van der Waals surface area contributed by atoms with Crippen LogP contribution in [-0.4, -0.2) is 31.7 Å². The van der Waals surface area contributed by atoms with Gasteiger partial charge in [0.25, 0.3) is 0 Å². The average Bonchev–Trinajstić information content (AvgIpc) is 2.52. The molecule has 0 amide bonds. The van der Waals surface area contributed by atoms with E-state index in [9.17, 15) is 4.91 Å². The van der Waals surface area contributed by atoms with E-state index >= 15 is 0 Å². The van der Waals surface area contributed by atoms with Gasteiger partial charge in [-0.15, -0.1) is 0 Å². The van der Waals surface area contributed by atoms with Crippen LogP contribution in [0.25, 0.3) is 0 Å². The van der Waals surface area contributed by atoms with E-state index in [-0.39, 0.29) is 11.5 Å². The van der Waals surface area contributed by atoms with E-state index in [1.54, 1.807) is 0 Å². The molecule has 0 aromatic rings. The Labute approximate surface area is 60.2 Å². The average molecular weight is 135 g/mol. The summed E-state index contributed by atoms with van der Waals surface area (Å²) in [5.74, 6) is 0. The zero-order valence-electron chi connectivity index (χ0n) is 5.62. The number of rotatable bonds is 2. The Bertz CT molecular complexity index is 188. The first-order valence-electron chi connectivity index (χ1n) is 3.52. The Balaban J connectivity index is 1.88. The van der Waals surface area contributed by atoms with Gasteiger partial charge in [0.05, 0.1) is 0 Å². The van der Waals surface area contributed by atoms with Crippen molar-refractivity contribution in [3.63, 3.8) is 0 Å². The summed E-state index contributed by atoms with van der Waals surface area (Å²) in [7, 11) is 0. The third kappa shape index (κ3) is 0.985. The Hall–Kier alpha value is -0.310. The molecule has 0 aliphatic carbocycles. The summed E-state index contributed by atoms with van der Waals surface area (Å²) >= 11 is 0. The summed E-state index contributed by atoms with van der Waals surface area (Å²) in [6, 6.07) is 0. The second-order valence-electron chi connectivity index (χ2n) is 2.88. The van der Waals surface area contributed by atoms with E-state index in [0.717, 1.165) is 12.8 Å². The van der Waals surface area contributed by atoms with Crippen LogP contribution in [0, 0.1) is 4.91 Å². The number of nitroso groups, excluding NO2 is 1. The Kier molecular flexibility index (Phi) is 1.34. The van der Waals surface area contributed by atoms with Crippen LogP contribution in [0.2, 0.25) is 0 Å². The molecule has 0 N–H and O–H groups in total. The van der Waals surface area contributed by atoms with Gasteiger partial charge in [0.15, 0.2) is 0 Å². The molecule has 0 bridgehead atoms. The first-order chi connectivity index (χ1) is 4.85. The van der Waals surface area contributed by atoms with Gasteiger partial charge in [0, 0.05) is 0 Å². The van der Waals surface area contributed by atoms with Crippen LogP contribution in [0.4, 0.5) is 0 Å². The van der Waals surface area contributed by atoms with Gasteiger partial charge in [-0.05, 0) is 0 Å². The van der Waals surface area contributed by atoms with E-state index in [1.807, 2.05) is 13.6 Å². The summed E-state index contributed by atoms with van der Waals surface area (Å²) < 4.78 is 5.50. The molecule has 1 atom stereocenters. The van der Waals surface area contributed by atoms with Gasteiger partial charge in [-0.1, -0.05) is 0 Å². The van der Waals surface area contributed by atoms with Crippen LogP contribution in [0.15, 0.2) is 5.18 Å². The van der Waals surface area contributed by atoms with Crippen molar-refractivity contribution in [1.82, 2.24) is 0 Å². The van der Waals surface area contributed by atoms with Crippen LogP contribution in [0.1, 0.15) is 12.8 Å². The summed E-state index contributed by atoms with van der Waals surface area (Å²) in [5, 5.41) is 2.78. The van der Waals surface area contributed by atoms with Crippen LogP contribution in [0.5, 0.6) is 0 Å². The third-order valence-corrected chi connectivity index (χ3v) is 2.06. The molecular formula is C5H7B2NO2. The fourth-order valence-electron chi connectivity index (χ4n) is 1.36. The van der Waals surface area contributed by atoms with Gasteiger partial charge in [-0.2, -0.15) is 0 Å². The standard InChI is InChI=1S/C5H7B2NO2/c9-8-3-4-1-2-5(10-4)6-7-5/h4H,1-3H2/t4-/m0/s1. The van der Waals surface area contributed by atoms with Crippen molar-refractivity contribution in [3.8, 4) is 0 Å². The van der Waals surface area contributed by atoms with Crippen molar-refractivity contribution in [2.75, 3.05) is 6.54 Å². The van der Waals surface area contributed by atoms with Crippen molar-refractivity contribution < 1.29 is 4.74 Å². The first-order valence-corrected chi connectivity index (χ1v) is 3.52. The third-order valence-electron chi connectivity index (χ3n) is 2.06. The second-order valence-corrected chi connectivity index (χ2v) is 2.88. The number of hydrogen-bond donors (Lipinski definition) is 0. The molecule has 0 aromatic heterocycles. The SMILES string of the molecule is O=NC[C@@H]1CCC2(B=B2)O1. The molecule has 2 rings (SSSR count). The Morgan fingerprint density at radius 1 is 1.70 bits per heavy atom. The van der Waals surface area contributed by atoms with E-state index in [0.29, 0.717) is 6.54 Å². The van der Waals surface area contributed by atoms with Crippen molar-refractivity contribution in [3.05, 3.63) is 4.91 Å². The zero-order chi connectivity index (χ0) is 7.03. The molecule has 50 valence electrons. The normalized spacial score (nSPS) is 31.4. The van der Waals surface area contributed by atoms with Gasteiger partial charge in [0.2, 0.25) is 0 Å². The molecular weight excluding hydrogens is 128 g/mol. The molecule has 0 radical (unpaired) electrons. The summed E-state index contributed by atoms with van der Waals surface area (Å²) in [6.07, 6.45) is 2.08. The number of nitrogens with zero attached hydrogens (tertiary/aromatic N) is 1. The maximum absolute atomic E-state index is 9.84. The van der Waals surface area contributed by atoms with Crippen LogP contribution in [-0.2, 0) is 4.74 Å². The maximum atomic E-state index is 9.84. The Morgan fingerprint density at radius 2 is 2.50 bits per heavy atom. The molecule has 2 aliphatic heterocycles. The van der Waals surface area contributed by atoms with Crippen LogP contribution >= 0.6 is 0 Å². The minimum atomic E-state index is -0.0324. The fourth-order valence-corrected chi connectivity index (χ4v) is 1.36. The molecule has 1 fully saturated rings. The molecule has 0 unspecified atom stereocenters.